The number of likely N-dealkylation sites (N-methyl/N-ethyl adjacent to an activating group) is 1. The number of nitrogens with two attached hydrogens (primary N) is 1. The van der Waals surface area contributed by atoms with Crippen molar-refractivity contribution >= 4 is 11.5 Å². The molecule has 0 aromatic heterocycles. The van der Waals surface area contributed by atoms with Gasteiger partial charge in [0.2, 0.25) is 0 Å². The summed E-state index contributed by atoms with van der Waals surface area (Å²) in [5.41, 5.74) is 5.16. The quantitative estimate of drug-likeness (QED) is 0.327. The summed E-state index contributed by atoms with van der Waals surface area (Å²) < 4.78 is 14.0. The number of nitrogens with zero attached hydrogens (tertiary/aromatic N) is 2. The lowest BCUT2D eigenvalue weighted by molar-refractivity contribution is 0.0874. The molecule has 0 radical (unpaired) electrons. The molecule has 0 heterocycles. The molecule has 1 aromatic carbocycles. The zero-order chi connectivity index (χ0) is 14.6. The Morgan fingerprint density at radius 2 is 2.11 bits per heavy atom. The number of amidine groups is 1. The minimum atomic E-state index is -0.924. The molecule has 19 heavy (non-hydrogen) atoms. The summed E-state index contributed by atoms with van der Waals surface area (Å²) in [6, 6.07) is 4.33. The van der Waals surface area contributed by atoms with Crippen molar-refractivity contribution in [2.24, 2.45) is 10.9 Å². The molecular weight excluding hydrogens is 249 g/mol. The van der Waals surface area contributed by atoms with Gasteiger partial charge in [-0.1, -0.05) is 5.16 Å². The smallest absolute Gasteiger partial charge is 0.170 e. The van der Waals surface area contributed by atoms with E-state index >= 15 is 0 Å². The van der Waals surface area contributed by atoms with Gasteiger partial charge in [0, 0.05) is 18.7 Å². The Bertz CT molecular complexity index is 469. The highest BCUT2D eigenvalue weighted by Crippen LogP contribution is 2.22. The van der Waals surface area contributed by atoms with Gasteiger partial charge in [-0.3, -0.25) is 0 Å². The molecule has 4 N–H and O–H groups in total. The van der Waals surface area contributed by atoms with Crippen LogP contribution in [-0.4, -0.2) is 34.8 Å². The van der Waals surface area contributed by atoms with E-state index in [1.54, 1.807) is 30.9 Å². The summed E-state index contributed by atoms with van der Waals surface area (Å²) in [7, 11) is 0. The van der Waals surface area contributed by atoms with Gasteiger partial charge in [0.25, 0.3) is 0 Å². The van der Waals surface area contributed by atoms with E-state index in [2.05, 4.69) is 5.16 Å². The number of benzene rings is 1. The number of hydrogen-bond acceptors (Lipinski definition) is 4. The van der Waals surface area contributed by atoms with E-state index in [-0.39, 0.29) is 5.84 Å². The molecule has 0 saturated carbocycles. The van der Waals surface area contributed by atoms with Crippen molar-refractivity contribution in [2.45, 2.75) is 26.4 Å². The predicted octanol–water partition coefficient (Wildman–Crippen LogP) is 1.52. The van der Waals surface area contributed by atoms with Crippen LogP contribution in [0.4, 0.5) is 10.1 Å². The fraction of sp³-hybridized carbons (Fsp3) is 0.462. The summed E-state index contributed by atoms with van der Waals surface area (Å²) in [6.07, 6.45) is 0. The summed E-state index contributed by atoms with van der Waals surface area (Å²) in [4.78, 5) is 1.73. The van der Waals surface area contributed by atoms with Crippen LogP contribution in [0.15, 0.2) is 23.4 Å². The van der Waals surface area contributed by atoms with Crippen molar-refractivity contribution in [2.75, 3.05) is 18.0 Å². The molecule has 106 valence electrons. The summed E-state index contributed by atoms with van der Waals surface area (Å²) >= 11 is 0. The van der Waals surface area contributed by atoms with Gasteiger partial charge >= 0.3 is 0 Å². The van der Waals surface area contributed by atoms with Crippen LogP contribution in [0.25, 0.3) is 0 Å². The first-order valence-electron chi connectivity index (χ1n) is 6.03. The molecule has 0 saturated heterocycles. The molecule has 0 atom stereocenters. The second kappa shape index (κ2) is 5.88. The number of rotatable bonds is 5. The second-order valence-electron chi connectivity index (χ2n) is 4.98. The van der Waals surface area contributed by atoms with Crippen LogP contribution >= 0.6 is 0 Å². The van der Waals surface area contributed by atoms with E-state index in [4.69, 9.17) is 10.9 Å². The molecule has 0 amide bonds. The van der Waals surface area contributed by atoms with Crippen LogP contribution in [0.3, 0.4) is 0 Å². The predicted molar refractivity (Wildman–Crippen MR) is 73.1 cm³/mol. The van der Waals surface area contributed by atoms with Crippen LogP contribution in [0.1, 0.15) is 26.3 Å². The Morgan fingerprint density at radius 3 is 2.53 bits per heavy atom. The van der Waals surface area contributed by atoms with E-state index in [0.717, 1.165) is 0 Å². The first kappa shape index (κ1) is 15.2. The average Bonchev–Trinajstić information content (AvgIpc) is 2.34. The van der Waals surface area contributed by atoms with Crippen molar-refractivity contribution in [3.8, 4) is 0 Å². The Morgan fingerprint density at radius 1 is 1.47 bits per heavy atom. The molecule has 0 aliphatic rings. The van der Waals surface area contributed by atoms with Gasteiger partial charge in [-0.05, 0) is 39.0 Å². The van der Waals surface area contributed by atoms with Crippen LogP contribution in [0, 0.1) is 5.82 Å². The number of hydrogen-bond donors (Lipinski definition) is 3. The van der Waals surface area contributed by atoms with Crippen molar-refractivity contribution in [1.82, 2.24) is 0 Å². The molecule has 1 aromatic rings. The fourth-order valence-electron chi connectivity index (χ4n) is 1.81. The third-order valence-corrected chi connectivity index (χ3v) is 2.65. The van der Waals surface area contributed by atoms with Gasteiger partial charge in [0.05, 0.1) is 11.3 Å². The summed E-state index contributed by atoms with van der Waals surface area (Å²) in [5, 5.41) is 21.2. The van der Waals surface area contributed by atoms with E-state index in [1.807, 2.05) is 6.92 Å². The summed E-state index contributed by atoms with van der Waals surface area (Å²) in [6.45, 7) is 6.08. The molecule has 0 aliphatic carbocycles. The normalized spacial score (nSPS) is 12.6. The van der Waals surface area contributed by atoms with Crippen LogP contribution in [0.2, 0.25) is 0 Å². The van der Waals surface area contributed by atoms with Crippen molar-refractivity contribution in [3.05, 3.63) is 29.6 Å². The zero-order valence-electron chi connectivity index (χ0n) is 11.4. The second-order valence-corrected chi connectivity index (χ2v) is 4.98. The molecule has 0 bridgehead atoms. The van der Waals surface area contributed by atoms with Crippen LogP contribution < -0.4 is 10.6 Å². The van der Waals surface area contributed by atoms with Crippen molar-refractivity contribution in [1.29, 1.82) is 0 Å². The average molecular weight is 269 g/mol. The topological polar surface area (TPSA) is 82.1 Å². The summed E-state index contributed by atoms with van der Waals surface area (Å²) in [5.74, 6) is -0.619. The Labute approximate surface area is 112 Å². The highest BCUT2D eigenvalue weighted by molar-refractivity contribution is 5.97. The molecule has 0 aliphatic heterocycles. The van der Waals surface area contributed by atoms with Gasteiger partial charge < -0.3 is 20.9 Å². The number of halogens is 1. The molecule has 0 unspecified atom stereocenters. The van der Waals surface area contributed by atoms with E-state index < -0.39 is 11.4 Å². The molecule has 0 fully saturated rings. The first-order valence-corrected chi connectivity index (χ1v) is 6.03. The Balaban J connectivity index is 3.07. The van der Waals surface area contributed by atoms with Crippen LogP contribution in [0.5, 0.6) is 0 Å². The highest BCUT2D eigenvalue weighted by atomic mass is 19.1. The van der Waals surface area contributed by atoms with E-state index in [1.165, 1.54) is 6.07 Å². The van der Waals surface area contributed by atoms with Gasteiger partial charge in [-0.2, -0.15) is 0 Å². The molecule has 0 spiro atoms. The third-order valence-electron chi connectivity index (χ3n) is 2.65. The highest BCUT2D eigenvalue weighted by Gasteiger charge is 2.20. The third kappa shape index (κ3) is 4.10. The molecular formula is C13H20FN3O2. The van der Waals surface area contributed by atoms with Crippen molar-refractivity contribution in [3.63, 3.8) is 0 Å². The maximum Gasteiger partial charge on any atom is 0.170 e. The van der Waals surface area contributed by atoms with E-state index in [0.29, 0.717) is 24.3 Å². The minimum absolute atomic E-state index is 0.143. The maximum atomic E-state index is 14.0. The molecule has 5 nitrogen and oxygen atoms in total. The minimum Gasteiger partial charge on any atom is -0.409 e. The lowest BCUT2D eigenvalue weighted by Crippen LogP contribution is -2.39. The largest absolute Gasteiger partial charge is 0.409 e. The molecule has 1 rings (SSSR count). The van der Waals surface area contributed by atoms with Gasteiger partial charge in [-0.25, -0.2) is 4.39 Å². The van der Waals surface area contributed by atoms with Crippen molar-refractivity contribution < 1.29 is 14.7 Å². The molecule has 6 heteroatoms. The van der Waals surface area contributed by atoms with Crippen LogP contribution in [-0.2, 0) is 0 Å². The van der Waals surface area contributed by atoms with Gasteiger partial charge in [-0.15, -0.1) is 0 Å². The lowest BCUT2D eigenvalue weighted by Gasteiger charge is -2.30. The van der Waals surface area contributed by atoms with E-state index in [9.17, 15) is 9.50 Å². The Kier molecular flexibility index (Phi) is 4.72. The Hall–Kier alpha value is -1.82. The monoisotopic (exact) mass is 269 g/mol. The van der Waals surface area contributed by atoms with Gasteiger partial charge in [0.1, 0.15) is 5.82 Å². The SMILES string of the molecule is CCN(CC(C)(C)O)c1ccc(C(N)=NO)cc1F. The zero-order valence-corrected chi connectivity index (χ0v) is 11.4. The number of oxime groups is 1. The maximum absolute atomic E-state index is 14.0. The lowest BCUT2D eigenvalue weighted by atomic mass is 10.1. The first-order chi connectivity index (χ1) is 8.78. The van der Waals surface area contributed by atoms with Gasteiger partial charge in [0.15, 0.2) is 5.84 Å². The number of anilines is 1. The standard InChI is InChI=1S/C13H20FN3O2/c1-4-17(8-13(2,3)18)11-6-5-9(7-10(11)14)12(15)16-19/h5-7,18-19H,4,8H2,1-3H3,(H2,15,16). The fourth-order valence-corrected chi connectivity index (χ4v) is 1.81. The number of aliphatic hydroxyl groups is 1.